The third-order valence-corrected chi connectivity index (χ3v) is 5.46. The van der Waals surface area contributed by atoms with Gasteiger partial charge in [0.1, 0.15) is 0 Å². The highest BCUT2D eigenvalue weighted by Crippen LogP contribution is 2.16. The predicted octanol–water partition coefficient (Wildman–Crippen LogP) is 1.95. The highest BCUT2D eigenvalue weighted by atomic mass is 32.2. The van der Waals surface area contributed by atoms with Crippen molar-refractivity contribution in [3.05, 3.63) is 64.4 Å². The lowest BCUT2D eigenvalue weighted by Crippen LogP contribution is -2.14. The molecule has 0 aliphatic carbocycles. The maximum atomic E-state index is 12.2. The minimum absolute atomic E-state index is 0.0155. The number of aryl methyl sites for hydroxylation is 2. The van der Waals surface area contributed by atoms with Crippen LogP contribution in [-0.4, -0.2) is 12.4 Å². The molecule has 0 saturated heterocycles. The van der Waals surface area contributed by atoms with Crippen molar-refractivity contribution >= 4 is 31.6 Å². The summed E-state index contributed by atoms with van der Waals surface area (Å²) in [5.74, 6) is 0. The fourth-order valence-corrected chi connectivity index (χ4v) is 3.75. The highest BCUT2D eigenvalue weighted by molar-refractivity contribution is 7.89. The zero-order valence-electron chi connectivity index (χ0n) is 11.6. The second-order valence-corrected chi connectivity index (χ2v) is 7.56. The van der Waals surface area contributed by atoms with Gasteiger partial charge in [0, 0.05) is 6.54 Å². The molecule has 0 spiro atoms. The number of nitrogens with zero attached hydrogens (tertiary/aromatic N) is 1. The number of nitrogens with two attached hydrogens (primary N) is 1. The Morgan fingerprint density at radius 3 is 2.36 bits per heavy atom. The zero-order valence-corrected chi connectivity index (χ0v) is 13.2. The molecular formula is C15H14N2O3S2. The normalized spacial score (nSPS) is 11.9. The molecule has 1 aromatic heterocycles. The molecule has 22 heavy (non-hydrogen) atoms. The average Bonchev–Trinajstić information content (AvgIpc) is 2.82. The van der Waals surface area contributed by atoms with Crippen LogP contribution in [0.2, 0.25) is 0 Å². The minimum Gasteiger partial charge on any atom is -0.268 e. The molecule has 2 N–H and O–H groups in total. The minimum atomic E-state index is -3.66. The molecule has 0 aliphatic rings. The van der Waals surface area contributed by atoms with Gasteiger partial charge in [0.05, 0.1) is 15.0 Å². The van der Waals surface area contributed by atoms with Crippen LogP contribution in [0.5, 0.6) is 0 Å². The van der Waals surface area contributed by atoms with Gasteiger partial charge in [-0.25, -0.2) is 13.6 Å². The van der Waals surface area contributed by atoms with E-state index in [9.17, 15) is 13.2 Å². The van der Waals surface area contributed by atoms with E-state index in [1.807, 2.05) is 24.3 Å². The van der Waals surface area contributed by atoms with Crippen molar-refractivity contribution in [3.63, 3.8) is 0 Å². The summed E-state index contributed by atoms with van der Waals surface area (Å²) < 4.78 is 25.1. The monoisotopic (exact) mass is 334 g/mol. The Balaban J connectivity index is 1.79. The van der Waals surface area contributed by atoms with E-state index in [-0.39, 0.29) is 10.5 Å². The zero-order chi connectivity index (χ0) is 15.7. The first kappa shape index (κ1) is 15.0. The number of primary sulfonamides is 1. The molecule has 0 saturated carbocycles. The van der Waals surface area contributed by atoms with Crippen LogP contribution in [-0.2, 0) is 23.0 Å². The van der Waals surface area contributed by atoms with Gasteiger partial charge in [-0.2, -0.15) is 0 Å². The fourth-order valence-electron chi connectivity index (χ4n) is 2.24. The van der Waals surface area contributed by atoms with Gasteiger partial charge in [0.2, 0.25) is 10.0 Å². The average molecular weight is 334 g/mol. The van der Waals surface area contributed by atoms with Crippen molar-refractivity contribution in [1.29, 1.82) is 0 Å². The molecule has 114 valence electrons. The second kappa shape index (κ2) is 5.68. The van der Waals surface area contributed by atoms with E-state index in [1.165, 1.54) is 23.7 Å². The quantitative estimate of drug-likeness (QED) is 0.792. The largest absolute Gasteiger partial charge is 0.268 e. The van der Waals surface area contributed by atoms with Crippen LogP contribution in [0, 0.1) is 0 Å². The SMILES string of the molecule is NS(=O)(=O)c1ccc(CCn2sc3ccccc3c2=O)cc1. The molecule has 0 aliphatic heterocycles. The van der Waals surface area contributed by atoms with Gasteiger partial charge in [-0.05, 0) is 36.2 Å². The van der Waals surface area contributed by atoms with Crippen LogP contribution in [0.25, 0.3) is 10.1 Å². The van der Waals surface area contributed by atoms with Crippen LogP contribution < -0.4 is 10.7 Å². The first-order valence-electron chi connectivity index (χ1n) is 6.66. The Morgan fingerprint density at radius 1 is 1.05 bits per heavy atom. The fraction of sp³-hybridized carbons (Fsp3) is 0.133. The van der Waals surface area contributed by atoms with Crippen LogP contribution >= 0.6 is 11.5 Å². The van der Waals surface area contributed by atoms with E-state index in [4.69, 9.17) is 5.14 Å². The lowest BCUT2D eigenvalue weighted by Gasteiger charge is -2.03. The maximum absolute atomic E-state index is 12.2. The van der Waals surface area contributed by atoms with E-state index >= 15 is 0 Å². The van der Waals surface area contributed by atoms with Crippen molar-refractivity contribution in [1.82, 2.24) is 3.96 Å². The van der Waals surface area contributed by atoms with Crippen molar-refractivity contribution in [3.8, 4) is 0 Å². The molecule has 1 heterocycles. The molecule has 0 radical (unpaired) electrons. The van der Waals surface area contributed by atoms with E-state index < -0.39 is 10.0 Å². The van der Waals surface area contributed by atoms with Crippen molar-refractivity contribution in [2.45, 2.75) is 17.9 Å². The number of aromatic nitrogens is 1. The smallest absolute Gasteiger partial charge is 0.268 e. The first-order valence-corrected chi connectivity index (χ1v) is 8.98. The Bertz CT molecular complexity index is 970. The molecule has 0 fully saturated rings. The Morgan fingerprint density at radius 2 is 1.73 bits per heavy atom. The second-order valence-electron chi connectivity index (χ2n) is 4.93. The maximum Gasteiger partial charge on any atom is 0.268 e. The van der Waals surface area contributed by atoms with Crippen LogP contribution in [0.15, 0.2) is 58.2 Å². The third kappa shape index (κ3) is 2.96. The number of hydrogen-bond donors (Lipinski definition) is 1. The lowest BCUT2D eigenvalue weighted by molar-refractivity contribution is 0.597. The molecule has 0 amide bonds. The molecule has 3 aromatic rings. The van der Waals surface area contributed by atoms with E-state index in [0.717, 1.165) is 15.6 Å². The number of benzene rings is 2. The Kier molecular flexibility index (Phi) is 3.86. The summed E-state index contributed by atoms with van der Waals surface area (Å²) in [6, 6.07) is 13.9. The van der Waals surface area contributed by atoms with Crippen LogP contribution in [0.1, 0.15) is 5.56 Å². The van der Waals surface area contributed by atoms with Gasteiger partial charge in [-0.15, -0.1) is 0 Å². The van der Waals surface area contributed by atoms with Gasteiger partial charge in [0.25, 0.3) is 5.56 Å². The molecule has 2 aromatic carbocycles. The van der Waals surface area contributed by atoms with E-state index in [2.05, 4.69) is 0 Å². The van der Waals surface area contributed by atoms with Gasteiger partial charge in [-0.3, -0.25) is 8.75 Å². The van der Waals surface area contributed by atoms with Crippen molar-refractivity contribution in [2.24, 2.45) is 5.14 Å². The molecular weight excluding hydrogens is 320 g/mol. The number of sulfonamides is 1. The van der Waals surface area contributed by atoms with Crippen molar-refractivity contribution < 1.29 is 8.42 Å². The van der Waals surface area contributed by atoms with Crippen LogP contribution in [0.3, 0.4) is 0 Å². The molecule has 3 rings (SSSR count). The molecule has 0 atom stereocenters. The summed E-state index contributed by atoms with van der Waals surface area (Å²) in [4.78, 5) is 12.3. The standard InChI is InChI=1S/C15H14N2O3S2/c16-22(19,20)12-7-5-11(6-8-12)9-10-17-15(18)13-3-1-2-4-14(13)21-17/h1-8H,9-10H2,(H2,16,19,20). The van der Waals surface area contributed by atoms with Gasteiger partial charge in [-0.1, -0.05) is 35.8 Å². The van der Waals surface area contributed by atoms with Crippen LogP contribution in [0.4, 0.5) is 0 Å². The van der Waals surface area contributed by atoms with Gasteiger partial charge in [0.15, 0.2) is 0 Å². The summed E-state index contributed by atoms with van der Waals surface area (Å²) in [6.45, 7) is 0.562. The summed E-state index contributed by atoms with van der Waals surface area (Å²) in [5.41, 5.74) is 0.971. The van der Waals surface area contributed by atoms with Crippen molar-refractivity contribution in [2.75, 3.05) is 0 Å². The first-order chi connectivity index (χ1) is 10.4. The number of hydrogen-bond acceptors (Lipinski definition) is 4. The number of fused-ring (bicyclic) bond motifs is 1. The summed E-state index contributed by atoms with van der Waals surface area (Å²) >= 11 is 1.44. The Hall–Kier alpha value is -1.96. The van der Waals surface area contributed by atoms with Gasteiger partial charge >= 0.3 is 0 Å². The highest BCUT2D eigenvalue weighted by Gasteiger charge is 2.08. The number of rotatable bonds is 4. The van der Waals surface area contributed by atoms with Gasteiger partial charge < -0.3 is 0 Å². The third-order valence-electron chi connectivity index (χ3n) is 3.41. The lowest BCUT2D eigenvalue weighted by atomic mass is 10.1. The summed E-state index contributed by atoms with van der Waals surface area (Å²) in [5, 5.41) is 5.80. The predicted molar refractivity (Wildman–Crippen MR) is 87.6 cm³/mol. The molecule has 5 nitrogen and oxygen atoms in total. The summed E-state index contributed by atoms with van der Waals surface area (Å²) in [6.07, 6.45) is 0.650. The molecule has 0 unspecified atom stereocenters. The Labute approximate surface area is 131 Å². The topological polar surface area (TPSA) is 82.2 Å². The molecule has 7 heteroatoms. The van der Waals surface area contributed by atoms with E-state index in [0.29, 0.717) is 13.0 Å². The summed E-state index contributed by atoms with van der Waals surface area (Å²) in [7, 11) is -3.66. The molecule has 0 bridgehead atoms. The van der Waals surface area contributed by atoms with E-state index in [1.54, 1.807) is 16.1 Å².